The molecule has 1 aromatic carbocycles. The minimum atomic E-state index is -0.249. The fraction of sp³-hybridized carbons (Fsp3) is 0.200. The van der Waals surface area contributed by atoms with Gasteiger partial charge < -0.3 is 10.1 Å². The second-order valence-electron chi connectivity index (χ2n) is 5.91. The zero-order valence-electron chi connectivity index (χ0n) is 15.3. The Morgan fingerprint density at radius 2 is 2.00 bits per heavy atom. The molecule has 144 valence electrons. The third-order valence-corrected chi connectivity index (χ3v) is 4.38. The van der Waals surface area contributed by atoms with Crippen molar-refractivity contribution in [1.82, 2.24) is 19.9 Å². The van der Waals surface area contributed by atoms with E-state index in [0.29, 0.717) is 31.0 Å². The molecule has 0 radical (unpaired) electrons. The van der Waals surface area contributed by atoms with Crippen molar-refractivity contribution in [2.45, 2.75) is 13.5 Å². The summed E-state index contributed by atoms with van der Waals surface area (Å²) in [7, 11) is 0. The number of rotatable bonds is 7. The van der Waals surface area contributed by atoms with Gasteiger partial charge in [0.2, 0.25) is 0 Å². The fourth-order valence-corrected chi connectivity index (χ4v) is 2.93. The number of hydrogen-bond donors (Lipinski definition) is 1. The summed E-state index contributed by atoms with van der Waals surface area (Å²) in [5, 5.41) is 2.77. The molecule has 1 amide bonds. The second kappa shape index (κ2) is 9.27. The van der Waals surface area contributed by atoms with Crippen molar-refractivity contribution >= 4 is 21.8 Å². The first-order valence-electron chi connectivity index (χ1n) is 8.75. The molecule has 0 saturated carbocycles. The maximum atomic E-state index is 12.3. The molecule has 3 aromatic rings. The average molecular weight is 443 g/mol. The summed E-state index contributed by atoms with van der Waals surface area (Å²) in [6.07, 6.45) is 4.58. The van der Waals surface area contributed by atoms with Gasteiger partial charge in [0.05, 0.1) is 24.2 Å². The van der Waals surface area contributed by atoms with Crippen LogP contribution in [0.2, 0.25) is 0 Å². The minimum Gasteiger partial charge on any atom is -0.494 e. The predicted octanol–water partition coefficient (Wildman–Crippen LogP) is 2.90. The van der Waals surface area contributed by atoms with Crippen LogP contribution in [0.25, 0.3) is 11.3 Å². The molecule has 8 heteroatoms. The maximum Gasteiger partial charge on any atom is 0.253 e. The van der Waals surface area contributed by atoms with Gasteiger partial charge in [-0.3, -0.25) is 19.1 Å². The smallest absolute Gasteiger partial charge is 0.253 e. The van der Waals surface area contributed by atoms with Crippen molar-refractivity contribution in [1.29, 1.82) is 0 Å². The van der Waals surface area contributed by atoms with Gasteiger partial charge in [0.1, 0.15) is 5.75 Å². The molecule has 2 heterocycles. The standard InChI is InChI=1S/C20H19BrN4O3/c1-2-28-17-5-3-14(4-6-17)18-10-19(26)25(13-24-18)8-7-23-20(27)15-9-16(21)12-22-11-15/h3-6,9-13H,2,7-8H2,1H3,(H,23,27). The number of nitrogens with zero attached hydrogens (tertiary/aromatic N) is 3. The molecule has 0 aliphatic carbocycles. The van der Waals surface area contributed by atoms with Crippen molar-refractivity contribution < 1.29 is 9.53 Å². The summed E-state index contributed by atoms with van der Waals surface area (Å²) in [5.74, 6) is 0.525. The maximum absolute atomic E-state index is 12.3. The third kappa shape index (κ3) is 5.04. The zero-order valence-corrected chi connectivity index (χ0v) is 16.8. The lowest BCUT2D eigenvalue weighted by atomic mass is 10.1. The van der Waals surface area contributed by atoms with E-state index in [-0.39, 0.29) is 11.5 Å². The highest BCUT2D eigenvalue weighted by molar-refractivity contribution is 9.10. The van der Waals surface area contributed by atoms with Crippen molar-refractivity contribution in [3.63, 3.8) is 0 Å². The van der Waals surface area contributed by atoms with E-state index < -0.39 is 0 Å². The molecule has 28 heavy (non-hydrogen) atoms. The summed E-state index contributed by atoms with van der Waals surface area (Å²) >= 11 is 3.28. The molecule has 0 bridgehead atoms. The number of hydrogen-bond acceptors (Lipinski definition) is 5. The normalized spacial score (nSPS) is 10.5. The molecule has 0 spiro atoms. The van der Waals surface area contributed by atoms with Gasteiger partial charge in [-0.05, 0) is 53.2 Å². The summed E-state index contributed by atoms with van der Waals surface area (Å²) in [4.78, 5) is 32.7. The van der Waals surface area contributed by atoms with Gasteiger partial charge in [-0.15, -0.1) is 0 Å². The molecular weight excluding hydrogens is 424 g/mol. The summed E-state index contributed by atoms with van der Waals surface area (Å²) in [5.41, 5.74) is 1.69. The highest BCUT2D eigenvalue weighted by Crippen LogP contribution is 2.19. The van der Waals surface area contributed by atoms with E-state index in [2.05, 4.69) is 31.2 Å². The largest absolute Gasteiger partial charge is 0.494 e. The van der Waals surface area contributed by atoms with Gasteiger partial charge in [0.15, 0.2) is 0 Å². The van der Waals surface area contributed by atoms with Gasteiger partial charge >= 0.3 is 0 Å². The number of nitrogens with one attached hydrogen (secondary N) is 1. The average Bonchev–Trinajstić information content (AvgIpc) is 2.70. The van der Waals surface area contributed by atoms with E-state index in [9.17, 15) is 9.59 Å². The van der Waals surface area contributed by atoms with Gasteiger partial charge in [0.25, 0.3) is 11.5 Å². The Balaban J connectivity index is 1.61. The van der Waals surface area contributed by atoms with Crippen LogP contribution in [0.4, 0.5) is 0 Å². The van der Waals surface area contributed by atoms with Crippen LogP contribution >= 0.6 is 15.9 Å². The van der Waals surface area contributed by atoms with Gasteiger partial charge in [-0.25, -0.2) is 4.98 Å². The lowest BCUT2D eigenvalue weighted by molar-refractivity contribution is 0.0951. The summed E-state index contributed by atoms with van der Waals surface area (Å²) in [6, 6.07) is 10.6. The molecular formula is C20H19BrN4O3. The van der Waals surface area contributed by atoms with E-state index in [1.54, 1.807) is 12.3 Å². The molecule has 2 aromatic heterocycles. The fourth-order valence-electron chi connectivity index (χ4n) is 2.57. The molecule has 1 N–H and O–H groups in total. The molecule has 0 atom stereocenters. The van der Waals surface area contributed by atoms with Gasteiger partial charge in [-0.2, -0.15) is 0 Å². The van der Waals surface area contributed by atoms with Crippen molar-refractivity contribution in [3.8, 4) is 17.0 Å². The third-order valence-electron chi connectivity index (χ3n) is 3.95. The lowest BCUT2D eigenvalue weighted by Crippen LogP contribution is -2.30. The van der Waals surface area contributed by atoms with Crippen LogP contribution < -0.4 is 15.6 Å². The van der Waals surface area contributed by atoms with Crippen LogP contribution in [0, 0.1) is 0 Å². The molecule has 7 nitrogen and oxygen atoms in total. The topological polar surface area (TPSA) is 86.1 Å². The van der Waals surface area contributed by atoms with Crippen LogP contribution in [0.15, 0.2) is 64.4 Å². The first kappa shape index (κ1) is 19.8. The van der Waals surface area contributed by atoms with Crippen molar-refractivity contribution in [3.05, 3.63) is 75.5 Å². The van der Waals surface area contributed by atoms with Crippen LogP contribution in [0.3, 0.4) is 0 Å². The molecule has 0 fully saturated rings. The number of halogens is 1. The van der Waals surface area contributed by atoms with Crippen LogP contribution in [-0.2, 0) is 6.54 Å². The van der Waals surface area contributed by atoms with E-state index in [1.165, 1.54) is 23.2 Å². The minimum absolute atomic E-state index is 0.183. The number of ether oxygens (including phenoxy) is 1. The monoisotopic (exact) mass is 442 g/mol. The molecule has 0 aliphatic rings. The Labute approximate surface area is 170 Å². The Morgan fingerprint density at radius 3 is 2.68 bits per heavy atom. The van der Waals surface area contributed by atoms with Gasteiger partial charge in [0, 0.05) is 41.6 Å². The van der Waals surface area contributed by atoms with E-state index in [4.69, 9.17) is 4.74 Å². The highest BCUT2D eigenvalue weighted by Gasteiger charge is 2.07. The number of carbonyl (C=O) groups is 1. The number of aromatic nitrogens is 3. The molecule has 0 unspecified atom stereocenters. The van der Waals surface area contributed by atoms with Crippen molar-refractivity contribution in [2.24, 2.45) is 0 Å². The van der Waals surface area contributed by atoms with Crippen LogP contribution in [0.1, 0.15) is 17.3 Å². The van der Waals surface area contributed by atoms with Gasteiger partial charge in [-0.1, -0.05) is 0 Å². The Kier molecular flexibility index (Phi) is 6.54. The van der Waals surface area contributed by atoms with Crippen LogP contribution in [-0.4, -0.2) is 33.6 Å². The van der Waals surface area contributed by atoms with Crippen molar-refractivity contribution in [2.75, 3.05) is 13.2 Å². The SMILES string of the molecule is CCOc1ccc(-c2cc(=O)n(CCNC(=O)c3cncc(Br)c3)cn2)cc1. The Bertz CT molecular complexity index is 1020. The Hall–Kier alpha value is -3.00. The first-order chi connectivity index (χ1) is 13.6. The number of carbonyl (C=O) groups excluding carboxylic acids is 1. The summed E-state index contributed by atoms with van der Waals surface area (Å²) < 4.78 is 7.60. The zero-order chi connectivity index (χ0) is 19.9. The lowest BCUT2D eigenvalue weighted by Gasteiger charge is -2.09. The molecule has 0 aliphatic heterocycles. The predicted molar refractivity (Wildman–Crippen MR) is 109 cm³/mol. The van der Waals surface area contributed by atoms with E-state index >= 15 is 0 Å². The molecule has 0 saturated heterocycles. The molecule has 3 rings (SSSR count). The Morgan fingerprint density at radius 1 is 1.21 bits per heavy atom. The number of amides is 1. The first-order valence-corrected chi connectivity index (χ1v) is 9.54. The van der Waals surface area contributed by atoms with E-state index in [1.807, 2.05) is 31.2 Å². The quantitative estimate of drug-likeness (QED) is 0.607. The second-order valence-corrected chi connectivity index (χ2v) is 6.83. The van der Waals surface area contributed by atoms with E-state index in [0.717, 1.165) is 15.8 Å². The summed E-state index contributed by atoms with van der Waals surface area (Å²) in [6.45, 7) is 3.15. The van der Waals surface area contributed by atoms with Crippen LogP contribution in [0.5, 0.6) is 5.75 Å². The number of benzene rings is 1. The highest BCUT2D eigenvalue weighted by atomic mass is 79.9. The number of pyridine rings is 1.